The average Bonchev–Trinajstić information content (AvgIpc) is 3.07. The molecule has 3 heteroatoms. The van der Waals surface area contributed by atoms with Crippen LogP contribution in [0.1, 0.15) is 24.8 Å². The molecule has 0 saturated heterocycles. The van der Waals surface area contributed by atoms with Crippen molar-refractivity contribution < 1.29 is 14.3 Å². The van der Waals surface area contributed by atoms with Crippen LogP contribution in [0.4, 0.5) is 0 Å². The maximum absolute atomic E-state index is 11.3. The number of rotatable bonds is 4. The molecule has 0 unspecified atom stereocenters. The van der Waals surface area contributed by atoms with E-state index < -0.39 is 0 Å². The topological polar surface area (TPSA) is 35.5 Å². The summed E-state index contributed by atoms with van der Waals surface area (Å²) >= 11 is 0. The van der Waals surface area contributed by atoms with Gasteiger partial charge in [0, 0.05) is 11.5 Å². The van der Waals surface area contributed by atoms with Crippen molar-refractivity contribution in [2.24, 2.45) is 5.92 Å². The van der Waals surface area contributed by atoms with Gasteiger partial charge in [-0.25, -0.2) is 0 Å². The van der Waals surface area contributed by atoms with Crippen molar-refractivity contribution in [3.05, 3.63) is 23.8 Å². The number of benzene rings is 1. The monoisotopic (exact) mass is 220 g/mol. The van der Waals surface area contributed by atoms with Gasteiger partial charge in [-0.05, 0) is 25.3 Å². The van der Waals surface area contributed by atoms with Crippen molar-refractivity contribution in [3.8, 4) is 11.5 Å². The highest BCUT2D eigenvalue weighted by atomic mass is 16.5. The number of ether oxygens (including phenoxy) is 2. The van der Waals surface area contributed by atoms with E-state index >= 15 is 0 Å². The largest absolute Gasteiger partial charge is 0.493 e. The zero-order valence-electron chi connectivity index (χ0n) is 9.82. The molecule has 2 rings (SSSR count). The second kappa shape index (κ2) is 4.16. The number of carbonyl (C=O) groups is 1. The summed E-state index contributed by atoms with van der Waals surface area (Å²) in [6.07, 6.45) is 0.929. The highest BCUT2D eigenvalue weighted by Gasteiger charge is 2.43. The quantitative estimate of drug-likeness (QED) is 0.781. The molecule has 1 aromatic rings. The van der Waals surface area contributed by atoms with E-state index in [-0.39, 0.29) is 11.7 Å². The lowest BCUT2D eigenvalue weighted by Crippen LogP contribution is -1.98. The number of para-hydroxylation sites is 1. The van der Waals surface area contributed by atoms with Gasteiger partial charge in [-0.15, -0.1) is 0 Å². The highest BCUT2D eigenvalue weighted by Crippen LogP contribution is 2.52. The van der Waals surface area contributed by atoms with Crippen molar-refractivity contribution in [2.45, 2.75) is 19.3 Å². The van der Waals surface area contributed by atoms with Crippen LogP contribution in [0.5, 0.6) is 11.5 Å². The SMILES string of the molecule is COc1cccc([C@H]2C[C@H]2C(C)=O)c1OC. The summed E-state index contributed by atoms with van der Waals surface area (Å²) in [6.45, 7) is 1.65. The smallest absolute Gasteiger partial charge is 0.164 e. The molecule has 0 amide bonds. The van der Waals surface area contributed by atoms with Gasteiger partial charge in [-0.3, -0.25) is 4.79 Å². The first-order valence-electron chi connectivity index (χ1n) is 5.40. The number of ketones is 1. The predicted octanol–water partition coefficient (Wildman–Crippen LogP) is 2.40. The molecule has 0 aliphatic heterocycles. The van der Waals surface area contributed by atoms with Gasteiger partial charge < -0.3 is 9.47 Å². The van der Waals surface area contributed by atoms with E-state index in [1.54, 1.807) is 21.1 Å². The van der Waals surface area contributed by atoms with Gasteiger partial charge >= 0.3 is 0 Å². The molecule has 0 radical (unpaired) electrons. The molecule has 1 fully saturated rings. The summed E-state index contributed by atoms with van der Waals surface area (Å²) in [4.78, 5) is 11.3. The van der Waals surface area contributed by atoms with E-state index in [4.69, 9.17) is 9.47 Å². The minimum absolute atomic E-state index is 0.168. The Morgan fingerprint density at radius 1 is 1.31 bits per heavy atom. The molecule has 1 aliphatic carbocycles. The molecule has 0 N–H and O–H groups in total. The van der Waals surface area contributed by atoms with Crippen LogP contribution in [0, 0.1) is 5.92 Å². The van der Waals surface area contributed by atoms with E-state index in [0.29, 0.717) is 5.92 Å². The Hall–Kier alpha value is -1.51. The number of methoxy groups -OCH3 is 2. The Bertz CT molecular complexity index is 412. The van der Waals surface area contributed by atoms with Crippen LogP contribution in [-0.4, -0.2) is 20.0 Å². The molecule has 1 aromatic carbocycles. The van der Waals surface area contributed by atoms with Crippen molar-refractivity contribution in [1.29, 1.82) is 0 Å². The van der Waals surface area contributed by atoms with Crippen LogP contribution in [0.15, 0.2) is 18.2 Å². The zero-order chi connectivity index (χ0) is 11.7. The molecular weight excluding hydrogens is 204 g/mol. The lowest BCUT2D eigenvalue weighted by molar-refractivity contribution is -0.118. The zero-order valence-corrected chi connectivity index (χ0v) is 9.82. The van der Waals surface area contributed by atoms with E-state index in [9.17, 15) is 4.79 Å². The Morgan fingerprint density at radius 2 is 2.06 bits per heavy atom. The van der Waals surface area contributed by atoms with Crippen LogP contribution in [0.3, 0.4) is 0 Å². The third kappa shape index (κ3) is 1.77. The fourth-order valence-electron chi connectivity index (χ4n) is 2.19. The summed E-state index contributed by atoms with van der Waals surface area (Å²) in [5.74, 6) is 2.23. The highest BCUT2D eigenvalue weighted by molar-refractivity contribution is 5.83. The van der Waals surface area contributed by atoms with Crippen LogP contribution >= 0.6 is 0 Å². The normalized spacial score (nSPS) is 22.7. The number of hydrogen-bond acceptors (Lipinski definition) is 3. The second-order valence-electron chi connectivity index (χ2n) is 4.14. The summed E-state index contributed by atoms with van der Waals surface area (Å²) in [6, 6.07) is 5.81. The first-order valence-corrected chi connectivity index (χ1v) is 5.40. The predicted molar refractivity (Wildman–Crippen MR) is 61.1 cm³/mol. The van der Waals surface area contributed by atoms with Gasteiger partial charge in [0.25, 0.3) is 0 Å². The van der Waals surface area contributed by atoms with Gasteiger partial charge in [0.2, 0.25) is 0 Å². The molecule has 3 nitrogen and oxygen atoms in total. The minimum Gasteiger partial charge on any atom is -0.493 e. The van der Waals surface area contributed by atoms with Crippen LogP contribution in [0.25, 0.3) is 0 Å². The molecule has 2 atom stereocenters. The Balaban J connectivity index is 2.31. The molecule has 16 heavy (non-hydrogen) atoms. The molecule has 86 valence electrons. The number of hydrogen-bond donors (Lipinski definition) is 0. The molecule has 0 spiro atoms. The first kappa shape index (κ1) is 11.0. The lowest BCUT2D eigenvalue weighted by atomic mass is 10.1. The summed E-state index contributed by atoms with van der Waals surface area (Å²) in [7, 11) is 3.25. The van der Waals surface area contributed by atoms with E-state index in [1.807, 2.05) is 18.2 Å². The maximum atomic E-state index is 11.3. The molecule has 1 aliphatic rings. The molecule has 0 bridgehead atoms. The summed E-state index contributed by atoms with van der Waals surface area (Å²) in [5.41, 5.74) is 1.09. The van der Waals surface area contributed by atoms with E-state index in [1.165, 1.54) is 0 Å². The van der Waals surface area contributed by atoms with Crippen LogP contribution in [-0.2, 0) is 4.79 Å². The van der Waals surface area contributed by atoms with Crippen molar-refractivity contribution in [2.75, 3.05) is 14.2 Å². The first-order chi connectivity index (χ1) is 7.69. The van der Waals surface area contributed by atoms with Gasteiger partial charge in [0.15, 0.2) is 11.5 Å². The Labute approximate surface area is 95.4 Å². The third-order valence-electron chi connectivity index (χ3n) is 3.15. The summed E-state index contributed by atoms with van der Waals surface area (Å²) in [5, 5.41) is 0. The standard InChI is InChI=1S/C13H16O3/c1-8(14)10-7-11(10)9-5-4-6-12(15-2)13(9)16-3/h4-6,10-11H,7H2,1-3H3/t10-,11+/m0/s1. The van der Waals surface area contributed by atoms with Gasteiger partial charge in [0.1, 0.15) is 5.78 Å². The molecule has 1 saturated carbocycles. The van der Waals surface area contributed by atoms with Crippen LogP contribution < -0.4 is 9.47 Å². The fourth-order valence-corrected chi connectivity index (χ4v) is 2.19. The third-order valence-corrected chi connectivity index (χ3v) is 3.15. The second-order valence-corrected chi connectivity index (χ2v) is 4.14. The average molecular weight is 220 g/mol. The molecule has 0 heterocycles. The minimum atomic E-state index is 0.168. The number of Topliss-reactive ketones (excluding diaryl/α,β-unsaturated/α-hetero) is 1. The lowest BCUT2D eigenvalue weighted by Gasteiger charge is -2.12. The Kier molecular flexibility index (Phi) is 2.86. The Morgan fingerprint density at radius 3 is 2.56 bits per heavy atom. The van der Waals surface area contributed by atoms with Crippen molar-refractivity contribution in [1.82, 2.24) is 0 Å². The van der Waals surface area contributed by atoms with E-state index in [0.717, 1.165) is 23.5 Å². The maximum Gasteiger partial charge on any atom is 0.164 e. The summed E-state index contributed by atoms with van der Waals surface area (Å²) < 4.78 is 10.6. The van der Waals surface area contributed by atoms with Gasteiger partial charge in [-0.1, -0.05) is 12.1 Å². The molecule has 0 aromatic heterocycles. The van der Waals surface area contributed by atoms with Crippen LogP contribution in [0.2, 0.25) is 0 Å². The van der Waals surface area contributed by atoms with Crippen molar-refractivity contribution in [3.63, 3.8) is 0 Å². The fraction of sp³-hybridized carbons (Fsp3) is 0.462. The number of carbonyl (C=O) groups excluding carboxylic acids is 1. The van der Waals surface area contributed by atoms with Gasteiger partial charge in [-0.2, -0.15) is 0 Å². The van der Waals surface area contributed by atoms with Gasteiger partial charge in [0.05, 0.1) is 14.2 Å². The van der Waals surface area contributed by atoms with E-state index in [2.05, 4.69) is 0 Å². The van der Waals surface area contributed by atoms with Crippen molar-refractivity contribution >= 4 is 5.78 Å². The molecular formula is C13H16O3.